The van der Waals surface area contributed by atoms with E-state index in [4.69, 9.17) is 0 Å². The number of piperidine rings is 1. The van der Waals surface area contributed by atoms with Crippen LogP contribution < -0.4 is 10.2 Å². The highest BCUT2D eigenvalue weighted by Gasteiger charge is 2.35. The number of anilines is 1. The number of fused-ring (bicyclic) bond motifs is 3. The number of benzene rings is 1. The lowest BCUT2D eigenvalue weighted by molar-refractivity contribution is -0.119. The molecule has 3 heteroatoms. The molecule has 2 atom stereocenters. The summed E-state index contributed by atoms with van der Waals surface area (Å²) in [4.78, 5) is 15.1. The fourth-order valence-electron chi connectivity index (χ4n) is 5.03. The van der Waals surface area contributed by atoms with E-state index in [9.17, 15) is 4.79 Å². The zero-order valence-electron chi connectivity index (χ0n) is 14.4. The molecule has 2 bridgehead atoms. The summed E-state index contributed by atoms with van der Waals surface area (Å²) >= 11 is 0. The first-order valence-electron chi connectivity index (χ1n) is 9.26. The van der Waals surface area contributed by atoms with Crippen LogP contribution in [-0.2, 0) is 11.2 Å². The van der Waals surface area contributed by atoms with E-state index in [-0.39, 0.29) is 0 Å². The van der Waals surface area contributed by atoms with Gasteiger partial charge in [-0.3, -0.25) is 4.79 Å². The number of nitrogens with one attached hydrogen (secondary N) is 1. The maximum atomic E-state index is 13.0. The van der Waals surface area contributed by atoms with Gasteiger partial charge in [0.2, 0.25) is 5.91 Å². The Labute approximate surface area is 139 Å². The zero-order chi connectivity index (χ0) is 16.0. The maximum Gasteiger partial charge on any atom is 0.227 e. The molecule has 2 fully saturated rings. The molecule has 3 nitrogen and oxygen atoms in total. The van der Waals surface area contributed by atoms with E-state index in [1.54, 1.807) is 0 Å². The molecule has 0 saturated carbocycles. The van der Waals surface area contributed by atoms with Crippen molar-refractivity contribution in [2.75, 3.05) is 11.4 Å². The highest BCUT2D eigenvalue weighted by molar-refractivity contribution is 5.95. The first kappa shape index (κ1) is 15.2. The van der Waals surface area contributed by atoms with Gasteiger partial charge in [-0.2, -0.15) is 0 Å². The van der Waals surface area contributed by atoms with Crippen LogP contribution in [0.1, 0.15) is 55.2 Å². The molecule has 2 unspecified atom stereocenters. The quantitative estimate of drug-likeness (QED) is 0.906. The smallest absolute Gasteiger partial charge is 0.227 e. The van der Waals surface area contributed by atoms with Crippen molar-refractivity contribution in [1.29, 1.82) is 0 Å². The van der Waals surface area contributed by atoms with Crippen LogP contribution in [0.4, 0.5) is 5.69 Å². The summed E-state index contributed by atoms with van der Waals surface area (Å²) in [5.41, 5.74) is 5.19. The van der Waals surface area contributed by atoms with E-state index < -0.39 is 0 Å². The van der Waals surface area contributed by atoms with Crippen LogP contribution in [0, 0.1) is 19.8 Å². The second-order valence-electron chi connectivity index (χ2n) is 7.91. The molecule has 1 aromatic rings. The molecular weight excluding hydrogens is 284 g/mol. The molecule has 0 spiro atoms. The van der Waals surface area contributed by atoms with Crippen molar-refractivity contribution in [3.63, 3.8) is 0 Å². The minimum atomic E-state index is 0.349. The van der Waals surface area contributed by atoms with E-state index in [0.29, 0.717) is 23.9 Å². The van der Waals surface area contributed by atoms with Crippen LogP contribution in [0.5, 0.6) is 0 Å². The number of nitrogens with zero attached hydrogens (tertiary/aromatic N) is 1. The lowest BCUT2D eigenvalue weighted by Crippen LogP contribution is -2.41. The molecule has 124 valence electrons. The van der Waals surface area contributed by atoms with E-state index in [1.807, 2.05) is 0 Å². The third-order valence-corrected chi connectivity index (χ3v) is 6.03. The van der Waals surface area contributed by atoms with E-state index in [0.717, 1.165) is 25.8 Å². The van der Waals surface area contributed by atoms with Gasteiger partial charge in [-0.15, -0.1) is 0 Å². The summed E-state index contributed by atoms with van der Waals surface area (Å²) < 4.78 is 0. The van der Waals surface area contributed by atoms with Crippen molar-refractivity contribution in [3.8, 4) is 0 Å². The van der Waals surface area contributed by atoms with Gasteiger partial charge in [-0.1, -0.05) is 6.07 Å². The van der Waals surface area contributed by atoms with E-state index in [1.165, 1.54) is 48.1 Å². The van der Waals surface area contributed by atoms with Crippen molar-refractivity contribution >= 4 is 11.6 Å². The molecule has 3 aliphatic heterocycles. The predicted octanol–water partition coefficient (Wildman–Crippen LogP) is 3.50. The Morgan fingerprint density at radius 3 is 2.70 bits per heavy atom. The second-order valence-corrected chi connectivity index (χ2v) is 7.91. The molecule has 2 saturated heterocycles. The largest absolute Gasteiger partial charge is 0.312 e. The molecule has 0 aliphatic carbocycles. The molecule has 1 amide bonds. The topological polar surface area (TPSA) is 32.3 Å². The minimum Gasteiger partial charge on any atom is -0.312 e. The lowest BCUT2D eigenvalue weighted by Gasteiger charge is -2.34. The Morgan fingerprint density at radius 1 is 1.22 bits per heavy atom. The highest BCUT2D eigenvalue weighted by Crippen LogP contribution is 2.35. The Bertz CT molecular complexity index is 612. The van der Waals surface area contributed by atoms with Crippen molar-refractivity contribution in [1.82, 2.24) is 5.32 Å². The molecule has 23 heavy (non-hydrogen) atoms. The number of hydrogen-bond acceptors (Lipinski definition) is 2. The first-order chi connectivity index (χ1) is 11.1. The van der Waals surface area contributed by atoms with Crippen LogP contribution in [0.3, 0.4) is 0 Å². The molecule has 1 N–H and O–H groups in total. The summed E-state index contributed by atoms with van der Waals surface area (Å²) in [6, 6.07) is 5.80. The Kier molecular flexibility index (Phi) is 3.92. The number of amides is 1. The van der Waals surface area contributed by atoms with Gasteiger partial charge in [-0.05, 0) is 81.0 Å². The van der Waals surface area contributed by atoms with Crippen LogP contribution in [0.15, 0.2) is 12.1 Å². The fraction of sp³-hybridized carbons (Fsp3) is 0.650. The van der Waals surface area contributed by atoms with E-state index in [2.05, 4.69) is 36.2 Å². The average Bonchev–Trinajstić information content (AvgIpc) is 2.85. The maximum absolute atomic E-state index is 13.0. The van der Waals surface area contributed by atoms with Crippen LogP contribution in [0.25, 0.3) is 0 Å². The molecule has 0 aromatic heterocycles. The van der Waals surface area contributed by atoms with Gasteiger partial charge >= 0.3 is 0 Å². The Balaban J connectivity index is 1.51. The molecule has 4 rings (SSSR count). The van der Waals surface area contributed by atoms with Gasteiger partial charge in [0.25, 0.3) is 0 Å². The second kappa shape index (κ2) is 5.94. The molecule has 3 heterocycles. The van der Waals surface area contributed by atoms with Gasteiger partial charge < -0.3 is 10.2 Å². The summed E-state index contributed by atoms with van der Waals surface area (Å²) in [5.74, 6) is 0.930. The normalized spacial score (nSPS) is 29.5. The monoisotopic (exact) mass is 312 g/mol. The molecule has 1 aromatic carbocycles. The van der Waals surface area contributed by atoms with Crippen molar-refractivity contribution in [3.05, 3.63) is 28.8 Å². The standard InChI is InChI=1S/C20H28N2O/c1-13-8-14(2)18-4-3-7-22(19(18)9-13)20(23)12-15-10-16-5-6-17(11-15)21-16/h8-9,15-17,21H,3-7,10-12H2,1-2H3. The summed E-state index contributed by atoms with van der Waals surface area (Å²) in [6.45, 7) is 5.21. The fourth-order valence-corrected chi connectivity index (χ4v) is 5.03. The Morgan fingerprint density at radius 2 is 1.96 bits per heavy atom. The van der Waals surface area contributed by atoms with Gasteiger partial charge in [0.05, 0.1) is 0 Å². The predicted molar refractivity (Wildman–Crippen MR) is 93.9 cm³/mol. The van der Waals surface area contributed by atoms with Crippen molar-refractivity contribution in [2.45, 2.75) is 70.9 Å². The van der Waals surface area contributed by atoms with Crippen LogP contribution >= 0.6 is 0 Å². The SMILES string of the molecule is Cc1cc(C)c2c(c1)N(C(=O)CC1CC3CCC(C1)N3)CCC2. The number of aryl methyl sites for hydroxylation is 2. The summed E-state index contributed by atoms with van der Waals surface area (Å²) in [7, 11) is 0. The third-order valence-electron chi connectivity index (χ3n) is 6.03. The number of carbonyl (C=O) groups is 1. The molecule has 0 radical (unpaired) electrons. The highest BCUT2D eigenvalue weighted by atomic mass is 16.2. The molecular formula is C20H28N2O. The van der Waals surface area contributed by atoms with Gasteiger partial charge in [-0.25, -0.2) is 0 Å². The van der Waals surface area contributed by atoms with Gasteiger partial charge in [0.15, 0.2) is 0 Å². The Hall–Kier alpha value is -1.35. The van der Waals surface area contributed by atoms with Crippen LogP contribution in [0.2, 0.25) is 0 Å². The first-order valence-corrected chi connectivity index (χ1v) is 9.26. The van der Waals surface area contributed by atoms with Crippen molar-refractivity contribution < 1.29 is 4.79 Å². The zero-order valence-corrected chi connectivity index (χ0v) is 14.4. The van der Waals surface area contributed by atoms with Gasteiger partial charge in [0.1, 0.15) is 0 Å². The number of hydrogen-bond donors (Lipinski definition) is 1. The summed E-state index contributed by atoms with van der Waals surface area (Å²) in [6.07, 6.45) is 7.94. The lowest BCUT2D eigenvalue weighted by atomic mass is 9.88. The minimum absolute atomic E-state index is 0.349. The van der Waals surface area contributed by atoms with Crippen LogP contribution in [-0.4, -0.2) is 24.5 Å². The number of rotatable bonds is 2. The number of carbonyl (C=O) groups excluding carboxylic acids is 1. The van der Waals surface area contributed by atoms with E-state index >= 15 is 0 Å². The summed E-state index contributed by atoms with van der Waals surface area (Å²) in [5, 5.41) is 3.68. The van der Waals surface area contributed by atoms with Crippen molar-refractivity contribution in [2.24, 2.45) is 5.92 Å². The van der Waals surface area contributed by atoms with Gasteiger partial charge in [0, 0.05) is 30.7 Å². The third kappa shape index (κ3) is 2.91. The average molecular weight is 312 g/mol. The molecule has 3 aliphatic rings.